The van der Waals surface area contributed by atoms with Gasteiger partial charge in [-0.05, 0) is 29.8 Å². The molecule has 2 aromatic carbocycles. The van der Waals surface area contributed by atoms with Gasteiger partial charge in [0.2, 0.25) is 17.8 Å². The zero-order valence-corrected chi connectivity index (χ0v) is 26.3. The number of rotatable bonds is 10. The molecule has 0 N–H and O–H groups in total. The average molecular weight is 657 g/mol. The fourth-order valence-corrected chi connectivity index (χ4v) is 4.89. The lowest BCUT2D eigenvalue weighted by Gasteiger charge is -2.44. The molecule has 5 atom stereocenters. The van der Waals surface area contributed by atoms with E-state index in [1.807, 2.05) is 0 Å². The average Bonchev–Trinajstić information content (AvgIpc) is 2.99. The highest BCUT2D eigenvalue weighted by molar-refractivity contribution is 5.91. The smallest absolute Gasteiger partial charge is 0.308 e. The highest BCUT2D eigenvalue weighted by Crippen LogP contribution is 2.39. The van der Waals surface area contributed by atoms with Gasteiger partial charge in [0.05, 0.1) is 12.7 Å². The Hall–Kier alpha value is -5.44. The van der Waals surface area contributed by atoms with E-state index < -0.39 is 72.6 Å². The molecule has 0 saturated carbocycles. The summed E-state index contributed by atoms with van der Waals surface area (Å²) in [6.45, 7) is 4.97. The maximum Gasteiger partial charge on any atom is 0.308 e. The molecule has 0 radical (unpaired) electrons. The number of hydrogen-bond donors (Lipinski definition) is 0. The number of carbonyl (C=O) groups excluding carboxylic acids is 5. The Kier molecular flexibility index (Phi) is 10.8. The third kappa shape index (κ3) is 8.24. The molecule has 250 valence electrons. The summed E-state index contributed by atoms with van der Waals surface area (Å²) < 4.78 is 49.8. The van der Waals surface area contributed by atoms with Gasteiger partial charge in [0.15, 0.2) is 23.7 Å². The summed E-state index contributed by atoms with van der Waals surface area (Å²) in [5.41, 5.74) is 0.0520. The summed E-state index contributed by atoms with van der Waals surface area (Å²) in [4.78, 5) is 74.3. The number of methoxy groups -OCH3 is 1. The standard InChI is InChI=1S/C32H32O15/c1-15(33)40-14-25-29(43-17(3)35)30(44-18(4)36)31(45-19(5)37)32(47-25)46-24-12-11-23-26(28(24)42-16(2)34)27(38)22(13-41-23)20-7-9-21(39-6)10-8-20/h7-13,25,29-32H,14H2,1-6H3/t25-,29-,30-,31-,32+/m0/s1. The van der Waals surface area contributed by atoms with Gasteiger partial charge in [0.25, 0.3) is 0 Å². The topological polar surface area (TPSA) is 189 Å². The predicted octanol–water partition coefficient (Wildman–Crippen LogP) is 2.86. The lowest BCUT2D eigenvalue weighted by atomic mass is 9.98. The Bertz CT molecular complexity index is 1720. The van der Waals surface area contributed by atoms with Crippen LogP contribution >= 0.6 is 0 Å². The van der Waals surface area contributed by atoms with Crippen molar-refractivity contribution in [1.29, 1.82) is 0 Å². The van der Waals surface area contributed by atoms with Crippen molar-refractivity contribution < 1.29 is 66.3 Å². The Morgan fingerprint density at radius 2 is 1.36 bits per heavy atom. The van der Waals surface area contributed by atoms with Crippen LogP contribution in [0.25, 0.3) is 22.1 Å². The quantitative estimate of drug-likeness (QED) is 0.176. The number of fused-ring (bicyclic) bond motifs is 1. The van der Waals surface area contributed by atoms with Crippen molar-refractivity contribution in [3.8, 4) is 28.4 Å². The molecule has 3 aromatic rings. The van der Waals surface area contributed by atoms with Gasteiger partial charge < -0.3 is 42.3 Å². The van der Waals surface area contributed by atoms with E-state index in [0.29, 0.717) is 11.3 Å². The van der Waals surface area contributed by atoms with E-state index >= 15 is 0 Å². The SMILES string of the molecule is COc1ccc(-c2coc3ccc(O[C@@H]4O[C@@H](COC(C)=O)[C@H](OC(C)=O)[C@H](OC(C)=O)[C@@H]4OC(C)=O)c(OC(C)=O)c3c2=O)cc1. The van der Waals surface area contributed by atoms with Gasteiger partial charge >= 0.3 is 29.8 Å². The summed E-state index contributed by atoms with van der Waals surface area (Å²) in [5, 5.41) is -0.170. The third-order valence-corrected chi connectivity index (χ3v) is 6.70. The van der Waals surface area contributed by atoms with Crippen LogP contribution in [-0.4, -0.2) is 74.3 Å². The van der Waals surface area contributed by atoms with E-state index in [2.05, 4.69) is 0 Å². The molecule has 1 aliphatic rings. The first kappa shape index (κ1) is 34.4. The van der Waals surface area contributed by atoms with Gasteiger partial charge in [-0.25, -0.2) is 0 Å². The maximum atomic E-state index is 13.9. The number of carbonyl (C=O) groups is 5. The molecular weight excluding hydrogens is 624 g/mol. The Labute approximate surface area is 267 Å². The summed E-state index contributed by atoms with van der Waals surface area (Å²) in [5.74, 6) is -4.07. The van der Waals surface area contributed by atoms with E-state index in [1.54, 1.807) is 24.3 Å². The van der Waals surface area contributed by atoms with E-state index in [4.69, 9.17) is 42.3 Å². The Morgan fingerprint density at radius 1 is 0.745 bits per heavy atom. The van der Waals surface area contributed by atoms with Crippen molar-refractivity contribution in [3.05, 3.63) is 52.9 Å². The maximum absolute atomic E-state index is 13.9. The van der Waals surface area contributed by atoms with Crippen LogP contribution in [0.2, 0.25) is 0 Å². The molecule has 1 aromatic heterocycles. The molecule has 1 saturated heterocycles. The van der Waals surface area contributed by atoms with Gasteiger partial charge in [-0.2, -0.15) is 0 Å². The van der Waals surface area contributed by atoms with Crippen molar-refractivity contribution in [2.45, 2.75) is 65.3 Å². The molecule has 0 aliphatic carbocycles. The predicted molar refractivity (Wildman–Crippen MR) is 158 cm³/mol. The summed E-state index contributed by atoms with van der Waals surface area (Å²) >= 11 is 0. The van der Waals surface area contributed by atoms with Crippen LogP contribution in [0.5, 0.6) is 17.2 Å². The lowest BCUT2D eigenvalue weighted by Crippen LogP contribution is -2.63. The molecule has 47 heavy (non-hydrogen) atoms. The van der Waals surface area contributed by atoms with E-state index in [9.17, 15) is 28.8 Å². The van der Waals surface area contributed by atoms with Crippen LogP contribution in [0.3, 0.4) is 0 Å². The Balaban J connectivity index is 1.86. The normalized spacial score (nSPS) is 20.4. The molecule has 1 fully saturated rings. The summed E-state index contributed by atoms with van der Waals surface area (Å²) in [7, 11) is 1.50. The molecule has 0 unspecified atom stereocenters. The second-order valence-corrected chi connectivity index (χ2v) is 10.3. The van der Waals surface area contributed by atoms with Gasteiger partial charge in [0.1, 0.15) is 35.7 Å². The van der Waals surface area contributed by atoms with Crippen molar-refractivity contribution in [2.75, 3.05) is 13.7 Å². The van der Waals surface area contributed by atoms with Crippen molar-refractivity contribution >= 4 is 40.8 Å². The van der Waals surface area contributed by atoms with E-state index in [1.165, 1.54) is 25.5 Å². The van der Waals surface area contributed by atoms with E-state index in [-0.39, 0.29) is 28.0 Å². The molecule has 0 amide bonds. The van der Waals surface area contributed by atoms with Crippen LogP contribution in [-0.2, 0) is 47.7 Å². The second-order valence-electron chi connectivity index (χ2n) is 10.3. The monoisotopic (exact) mass is 656 g/mol. The highest BCUT2D eigenvalue weighted by Gasteiger charge is 2.53. The van der Waals surface area contributed by atoms with Crippen LogP contribution < -0.4 is 19.6 Å². The summed E-state index contributed by atoms with van der Waals surface area (Å²) in [6.07, 6.45) is -6.26. The molecule has 1 aliphatic heterocycles. The zero-order valence-electron chi connectivity index (χ0n) is 26.3. The van der Waals surface area contributed by atoms with Crippen molar-refractivity contribution in [2.24, 2.45) is 0 Å². The van der Waals surface area contributed by atoms with E-state index in [0.717, 1.165) is 34.6 Å². The Morgan fingerprint density at radius 3 is 1.94 bits per heavy atom. The van der Waals surface area contributed by atoms with Crippen molar-refractivity contribution in [3.63, 3.8) is 0 Å². The van der Waals surface area contributed by atoms with Crippen LogP contribution in [0.15, 0.2) is 51.9 Å². The molecular formula is C32H32O15. The largest absolute Gasteiger partial charge is 0.497 e. The highest BCUT2D eigenvalue weighted by atomic mass is 16.7. The molecule has 2 heterocycles. The first-order chi connectivity index (χ1) is 22.3. The number of benzene rings is 2. The lowest BCUT2D eigenvalue weighted by molar-refractivity contribution is -0.288. The van der Waals surface area contributed by atoms with Crippen LogP contribution in [0, 0.1) is 0 Å². The molecule has 15 nitrogen and oxygen atoms in total. The van der Waals surface area contributed by atoms with Gasteiger partial charge in [-0.3, -0.25) is 28.8 Å². The molecule has 15 heteroatoms. The minimum absolute atomic E-state index is 0.0393. The minimum atomic E-state index is -1.67. The van der Waals surface area contributed by atoms with Crippen molar-refractivity contribution in [1.82, 2.24) is 0 Å². The first-order valence-corrected chi connectivity index (χ1v) is 14.2. The molecule has 0 spiro atoms. The minimum Gasteiger partial charge on any atom is -0.497 e. The first-order valence-electron chi connectivity index (χ1n) is 14.2. The van der Waals surface area contributed by atoms with Gasteiger partial charge in [-0.1, -0.05) is 12.1 Å². The zero-order chi connectivity index (χ0) is 34.4. The number of hydrogen-bond acceptors (Lipinski definition) is 15. The molecule has 0 bridgehead atoms. The fraction of sp³-hybridized carbons (Fsp3) is 0.375. The van der Waals surface area contributed by atoms with Crippen LogP contribution in [0.1, 0.15) is 34.6 Å². The third-order valence-electron chi connectivity index (χ3n) is 6.70. The number of esters is 5. The fourth-order valence-electron chi connectivity index (χ4n) is 4.89. The second kappa shape index (κ2) is 14.8. The van der Waals surface area contributed by atoms with Gasteiger partial charge in [-0.15, -0.1) is 0 Å². The number of ether oxygens (including phenoxy) is 8. The summed E-state index contributed by atoms with van der Waals surface area (Å²) in [6, 6.07) is 9.26. The van der Waals surface area contributed by atoms with Gasteiger partial charge in [0, 0.05) is 34.6 Å². The van der Waals surface area contributed by atoms with Crippen LogP contribution in [0.4, 0.5) is 0 Å². The molecule has 4 rings (SSSR count).